The molecule has 0 aliphatic rings. The molecule has 0 saturated heterocycles. The van der Waals surface area contributed by atoms with E-state index in [1.165, 1.54) is 0 Å². The Balaban J connectivity index is 3.50. The van der Waals surface area contributed by atoms with E-state index in [4.69, 9.17) is 0 Å². The zero-order chi connectivity index (χ0) is 10.1. The van der Waals surface area contributed by atoms with Crippen molar-refractivity contribution in [3.8, 4) is 0 Å². The quantitative estimate of drug-likeness (QED) is 0.470. The molecule has 0 spiro atoms. The van der Waals surface area contributed by atoms with Crippen LogP contribution in [0, 0.1) is 0 Å². The minimum absolute atomic E-state index is 0.0287. The lowest BCUT2D eigenvalue weighted by Crippen LogP contribution is -2.42. The molecule has 2 N–H and O–H groups in total. The molecule has 3 nitrogen and oxygen atoms in total. The highest BCUT2D eigenvalue weighted by molar-refractivity contribution is 7.98. The molecule has 0 aliphatic carbocycles. The fourth-order valence-electron chi connectivity index (χ4n) is 0.796. The Kier molecular flexibility index (Phi) is 7.83. The van der Waals surface area contributed by atoms with Gasteiger partial charge < -0.3 is 10.6 Å². The zero-order valence-electron chi connectivity index (χ0n) is 8.30. The van der Waals surface area contributed by atoms with Gasteiger partial charge in [-0.05, 0) is 13.2 Å². The average Bonchev–Trinajstić information content (AvgIpc) is 2.14. The van der Waals surface area contributed by atoms with Crippen molar-refractivity contribution in [1.29, 1.82) is 0 Å². The maximum atomic E-state index is 11.3. The lowest BCUT2D eigenvalue weighted by Gasteiger charge is -2.12. The van der Waals surface area contributed by atoms with Gasteiger partial charge in [0, 0.05) is 18.8 Å². The largest absolute Gasteiger partial charge is 0.351 e. The number of hydrogen-bond donors (Lipinski definition) is 2. The van der Waals surface area contributed by atoms with Gasteiger partial charge >= 0.3 is 0 Å². The Morgan fingerprint density at radius 2 is 2.38 bits per heavy atom. The Morgan fingerprint density at radius 3 is 2.92 bits per heavy atom. The SMILES string of the molecule is C=CCNC(=O)C(C)NCCSC. The van der Waals surface area contributed by atoms with Crippen LogP contribution in [0.25, 0.3) is 0 Å². The van der Waals surface area contributed by atoms with Crippen LogP contribution in [-0.4, -0.2) is 37.0 Å². The second-order valence-electron chi connectivity index (χ2n) is 2.70. The molecule has 0 aliphatic heterocycles. The fraction of sp³-hybridized carbons (Fsp3) is 0.667. The van der Waals surface area contributed by atoms with E-state index in [-0.39, 0.29) is 11.9 Å². The molecule has 0 saturated carbocycles. The molecule has 0 radical (unpaired) electrons. The second-order valence-corrected chi connectivity index (χ2v) is 3.69. The zero-order valence-corrected chi connectivity index (χ0v) is 9.12. The highest BCUT2D eigenvalue weighted by atomic mass is 32.2. The Morgan fingerprint density at radius 1 is 1.69 bits per heavy atom. The highest BCUT2D eigenvalue weighted by Crippen LogP contribution is 1.89. The predicted molar refractivity (Wildman–Crippen MR) is 59.1 cm³/mol. The van der Waals surface area contributed by atoms with E-state index >= 15 is 0 Å². The smallest absolute Gasteiger partial charge is 0.237 e. The van der Waals surface area contributed by atoms with Crippen molar-refractivity contribution in [3.63, 3.8) is 0 Å². The summed E-state index contributed by atoms with van der Waals surface area (Å²) < 4.78 is 0. The van der Waals surface area contributed by atoms with Crippen molar-refractivity contribution in [1.82, 2.24) is 10.6 Å². The molecule has 0 heterocycles. The number of amides is 1. The summed E-state index contributed by atoms with van der Waals surface area (Å²) in [5.74, 6) is 1.06. The molecule has 13 heavy (non-hydrogen) atoms. The summed E-state index contributed by atoms with van der Waals surface area (Å²) in [5, 5.41) is 5.86. The molecule has 1 atom stereocenters. The minimum Gasteiger partial charge on any atom is -0.351 e. The van der Waals surface area contributed by atoms with E-state index in [0.717, 1.165) is 12.3 Å². The minimum atomic E-state index is -0.118. The first-order valence-corrected chi connectivity index (χ1v) is 5.72. The third-order valence-electron chi connectivity index (χ3n) is 1.57. The Hall–Kier alpha value is -0.480. The molecule has 0 fully saturated rings. The van der Waals surface area contributed by atoms with Crippen molar-refractivity contribution < 1.29 is 4.79 Å². The normalized spacial score (nSPS) is 12.2. The van der Waals surface area contributed by atoms with Gasteiger partial charge in [-0.25, -0.2) is 0 Å². The van der Waals surface area contributed by atoms with Crippen LogP contribution in [0.4, 0.5) is 0 Å². The molecule has 76 valence electrons. The van der Waals surface area contributed by atoms with Crippen molar-refractivity contribution in [2.24, 2.45) is 0 Å². The van der Waals surface area contributed by atoms with Gasteiger partial charge in [-0.2, -0.15) is 11.8 Å². The number of carbonyl (C=O) groups is 1. The molecule has 1 unspecified atom stereocenters. The molecule has 0 aromatic carbocycles. The standard InChI is InChI=1S/C9H18N2OS/c1-4-5-11-9(12)8(2)10-6-7-13-3/h4,8,10H,1,5-7H2,2-3H3,(H,11,12). The van der Waals surface area contributed by atoms with Crippen LogP contribution in [-0.2, 0) is 4.79 Å². The van der Waals surface area contributed by atoms with Crippen molar-refractivity contribution in [3.05, 3.63) is 12.7 Å². The summed E-state index contributed by atoms with van der Waals surface area (Å²) in [4.78, 5) is 11.3. The maximum Gasteiger partial charge on any atom is 0.237 e. The van der Waals surface area contributed by atoms with Gasteiger partial charge in [-0.15, -0.1) is 6.58 Å². The van der Waals surface area contributed by atoms with Gasteiger partial charge in [0.15, 0.2) is 0 Å². The molecule has 0 aromatic heterocycles. The van der Waals surface area contributed by atoms with Gasteiger partial charge in [-0.3, -0.25) is 4.79 Å². The van der Waals surface area contributed by atoms with Gasteiger partial charge in [-0.1, -0.05) is 6.08 Å². The molecular weight excluding hydrogens is 184 g/mol. The number of carbonyl (C=O) groups excluding carboxylic acids is 1. The van der Waals surface area contributed by atoms with Crippen LogP contribution in [0.5, 0.6) is 0 Å². The number of rotatable bonds is 7. The first-order chi connectivity index (χ1) is 6.22. The topological polar surface area (TPSA) is 41.1 Å². The molecular formula is C9H18N2OS. The van der Waals surface area contributed by atoms with Gasteiger partial charge in [0.1, 0.15) is 0 Å². The fourth-order valence-corrected chi connectivity index (χ4v) is 1.12. The number of thioether (sulfide) groups is 1. The summed E-state index contributed by atoms with van der Waals surface area (Å²) >= 11 is 1.76. The summed E-state index contributed by atoms with van der Waals surface area (Å²) in [6.07, 6.45) is 3.72. The third kappa shape index (κ3) is 6.66. The van der Waals surface area contributed by atoms with Gasteiger partial charge in [0.2, 0.25) is 5.91 Å². The number of hydrogen-bond acceptors (Lipinski definition) is 3. The molecule has 0 bridgehead atoms. The summed E-state index contributed by atoms with van der Waals surface area (Å²) in [6, 6.07) is -0.118. The first kappa shape index (κ1) is 12.5. The van der Waals surface area contributed by atoms with E-state index in [1.54, 1.807) is 17.8 Å². The van der Waals surface area contributed by atoms with Gasteiger partial charge in [0.05, 0.1) is 6.04 Å². The summed E-state index contributed by atoms with van der Waals surface area (Å²) in [7, 11) is 0. The van der Waals surface area contributed by atoms with Gasteiger partial charge in [0.25, 0.3) is 0 Å². The molecule has 4 heteroatoms. The number of nitrogens with one attached hydrogen (secondary N) is 2. The highest BCUT2D eigenvalue weighted by Gasteiger charge is 2.09. The van der Waals surface area contributed by atoms with Crippen LogP contribution in [0.3, 0.4) is 0 Å². The van der Waals surface area contributed by atoms with Crippen LogP contribution in [0.2, 0.25) is 0 Å². The van der Waals surface area contributed by atoms with E-state index in [2.05, 4.69) is 17.2 Å². The van der Waals surface area contributed by atoms with Crippen molar-refractivity contribution in [2.75, 3.05) is 25.1 Å². The summed E-state index contributed by atoms with van der Waals surface area (Å²) in [5.41, 5.74) is 0. The lowest BCUT2D eigenvalue weighted by atomic mass is 10.3. The van der Waals surface area contributed by atoms with E-state index < -0.39 is 0 Å². The van der Waals surface area contributed by atoms with Crippen LogP contribution in [0.15, 0.2) is 12.7 Å². The lowest BCUT2D eigenvalue weighted by molar-refractivity contribution is -0.122. The molecule has 0 aromatic rings. The van der Waals surface area contributed by atoms with Crippen LogP contribution in [0.1, 0.15) is 6.92 Å². The first-order valence-electron chi connectivity index (χ1n) is 4.33. The Bertz CT molecular complexity index is 162. The predicted octanol–water partition coefficient (Wildman–Crippen LogP) is 0.630. The monoisotopic (exact) mass is 202 g/mol. The second kappa shape index (κ2) is 8.13. The molecule has 1 amide bonds. The van der Waals surface area contributed by atoms with Crippen LogP contribution < -0.4 is 10.6 Å². The Labute approximate surface area is 84.4 Å². The van der Waals surface area contributed by atoms with E-state index in [0.29, 0.717) is 6.54 Å². The summed E-state index contributed by atoms with van der Waals surface area (Å²) in [6.45, 7) is 6.79. The van der Waals surface area contributed by atoms with Crippen molar-refractivity contribution >= 4 is 17.7 Å². The van der Waals surface area contributed by atoms with Crippen molar-refractivity contribution in [2.45, 2.75) is 13.0 Å². The average molecular weight is 202 g/mol. The van der Waals surface area contributed by atoms with E-state index in [9.17, 15) is 4.79 Å². The maximum absolute atomic E-state index is 11.3. The van der Waals surface area contributed by atoms with Crippen LogP contribution >= 0.6 is 11.8 Å². The molecule has 0 rings (SSSR count). The van der Waals surface area contributed by atoms with E-state index in [1.807, 2.05) is 13.2 Å². The third-order valence-corrected chi connectivity index (χ3v) is 2.18.